The molecule has 14 heteroatoms. The predicted molar refractivity (Wildman–Crippen MR) is 183 cm³/mol. The van der Waals surface area contributed by atoms with Gasteiger partial charge in [0.2, 0.25) is 5.91 Å². The number of nitriles is 1. The highest BCUT2D eigenvalue weighted by atomic mass is 35.5. The number of amides is 1. The van der Waals surface area contributed by atoms with Gasteiger partial charge in [0.15, 0.2) is 11.6 Å². The molecule has 0 spiro atoms. The fraction of sp³-hybridized carbons (Fsp3) is 0.364. The number of fused-ring (bicyclic) bond motifs is 1. The normalized spacial score (nSPS) is 21.3. The van der Waals surface area contributed by atoms with Gasteiger partial charge >= 0.3 is 0 Å². The fourth-order valence-corrected chi connectivity index (χ4v) is 7.33. The monoisotopic (exact) mass is 701 g/mol. The molecule has 2 N–H and O–H groups in total. The second-order valence-electron chi connectivity index (χ2n) is 12.2. The number of anilines is 2. The Balaban J connectivity index is 1.91. The van der Waals surface area contributed by atoms with Crippen molar-refractivity contribution in [2.24, 2.45) is 16.8 Å². The number of hydrogen-bond donors (Lipinski definition) is 1. The van der Waals surface area contributed by atoms with Crippen LogP contribution in [0.3, 0.4) is 0 Å². The first-order valence-corrected chi connectivity index (χ1v) is 16.0. The second-order valence-corrected chi connectivity index (χ2v) is 13.3. The van der Waals surface area contributed by atoms with Crippen molar-refractivity contribution in [3.63, 3.8) is 0 Å². The van der Waals surface area contributed by atoms with E-state index in [1.165, 1.54) is 16.7 Å². The number of halogens is 5. The summed E-state index contributed by atoms with van der Waals surface area (Å²) >= 11 is 19.1. The molecule has 47 heavy (non-hydrogen) atoms. The van der Waals surface area contributed by atoms with E-state index in [1.54, 1.807) is 11.1 Å². The minimum atomic E-state index is -1.23. The first-order valence-electron chi connectivity index (χ1n) is 14.9. The number of aromatic nitrogens is 2. The molecule has 0 bridgehead atoms. The summed E-state index contributed by atoms with van der Waals surface area (Å²) in [7, 11) is 0. The number of nitrogens with zero attached hydrogens (tertiary/aromatic N) is 6. The van der Waals surface area contributed by atoms with Crippen LogP contribution in [0.2, 0.25) is 15.1 Å². The van der Waals surface area contributed by atoms with E-state index in [1.807, 2.05) is 45.6 Å². The lowest BCUT2D eigenvalue weighted by molar-refractivity contribution is -0.130. The number of allylic oxidation sites excluding steroid dienone is 1. The Morgan fingerprint density at radius 2 is 1.79 bits per heavy atom. The molecule has 0 aliphatic carbocycles. The summed E-state index contributed by atoms with van der Waals surface area (Å²) in [5.74, 6) is -3.08. The maximum atomic E-state index is 15.6. The van der Waals surface area contributed by atoms with E-state index in [2.05, 4.69) is 17.6 Å². The van der Waals surface area contributed by atoms with Gasteiger partial charge in [0.05, 0.1) is 38.7 Å². The Hall–Kier alpha value is -3.98. The fourth-order valence-electron chi connectivity index (χ4n) is 6.63. The maximum absolute atomic E-state index is 15.6. The van der Waals surface area contributed by atoms with Crippen LogP contribution >= 0.6 is 34.8 Å². The third-order valence-corrected chi connectivity index (χ3v) is 9.72. The maximum Gasteiger partial charge on any atom is 0.272 e. The van der Waals surface area contributed by atoms with Gasteiger partial charge in [-0.05, 0) is 31.9 Å². The van der Waals surface area contributed by atoms with Gasteiger partial charge in [-0.15, -0.1) is 0 Å². The van der Waals surface area contributed by atoms with Crippen molar-refractivity contribution in [2.45, 2.75) is 52.7 Å². The molecule has 4 atom stereocenters. The summed E-state index contributed by atoms with van der Waals surface area (Å²) in [6, 6.07) is 2.26. The molecule has 3 aromatic rings. The molecule has 1 fully saturated rings. The van der Waals surface area contributed by atoms with Crippen molar-refractivity contribution in [1.82, 2.24) is 14.5 Å². The number of piperazine rings is 1. The molecule has 0 unspecified atom stereocenters. The molecule has 0 saturated carbocycles. The van der Waals surface area contributed by atoms with Gasteiger partial charge < -0.3 is 15.5 Å². The smallest absolute Gasteiger partial charge is 0.272 e. The lowest BCUT2D eigenvalue weighted by Crippen LogP contribution is -2.58. The van der Waals surface area contributed by atoms with Crippen molar-refractivity contribution < 1.29 is 13.6 Å². The average molecular weight is 703 g/mol. The molecular weight excluding hydrogens is 671 g/mol. The number of rotatable bonds is 5. The van der Waals surface area contributed by atoms with Crippen molar-refractivity contribution in [3.8, 4) is 17.3 Å². The van der Waals surface area contributed by atoms with Crippen LogP contribution in [-0.4, -0.2) is 51.2 Å². The first kappa shape index (κ1) is 34.4. The molecular formula is C33H32Cl3F2N7O2. The lowest BCUT2D eigenvalue weighted by atomic mass is 9.88. The zero-order chi connectivity index (χ0) is 34.6. The van der Waals surface area contributed by atoms with Gasteiger partial charge in [-0.2, -0.15) is 5.26 Å². The zero-order valence-corrected chi connectivity index (χ0v) is 28.6. The third kappa shape index (κ3) is 5.56. The number of carbonyl (C=O) groups excluding carboxylic acids is 1. The molecule has 5 rings (SSSR count). The van der Waals surface area contributed by atoms with Crippen LogP contribution < -0.4 is 16.2 Å². The summed E-state index contributed by atoms with van der Waals surface area (Å²) in [6.45, 7) is 13.6. The Bertz CT molecular complexity index is 1960. The first-order chi connectivity index (χ1) is 22.2. The number of benzene rings is 1. The van der Waals surface area contributed by atoms with Crippen LogP contribution in [0.5, 0.6) is 0 Å². The van der Waals surface area contributed by atoms with E-state index in [9.17, 15) is 19.2 Å². The molecule has 4 heterocycles. The number of nitrogen functional groups attached to an aromatic ring is 1. The van der Waals surface area contributed by atoms with Crippen molar-refractivity contribution in [1.29, 1.82) is 5.26 Å². The summed E-state index contributed by atoms with van der Waals surface area (Å²) in [6.07, 6.45) is 4.75. The van der Waals surface area contributed by atoms with Crippen LogP contribution in [0.4, 0.5) is 20.2 Å². The van der Waals surface area contributed by atoms with E-state index < -0.39 is 44.5 Å². The van der Waals surface area contributed by atoms with Crippen LogP contribution in [0.25, 0.3) is 22.3 Å². The molecule has 246 valence electrons. The van der Waals surface area contributed by atoms with Crippen molar-refractivity contribution in [2.75, 3.05) is 23.7 Å². The average Bonchev–Trinajstić information content (AvgIpc) is 3.02. The quantitative estimate of drug-likeness (QED) is 0.130. The van der Waals surface area contributed by atoms with E-state index in [4.69, 9.17) is 45.5 Å². The molecule has 1 saturated heterocycles. The number of pyridine rings is 2. The molecule has 2 aromatic heterocycles. The minimum Gasteiger partial charge on any atom is -0.395 e. The number of hydrogen-bond acceptors (Lipinski definition) is 7. The molecule has 1 aromatic carbocycles. The molecule has 9 nitrogen and oxygen atoms in total. The molecule has 2 aliphatic heterocycles. The third-order valence-electron chi connectivity index (χ3n) is 8.70. The Morgan fingerprint density at radius 3 is 2.36 bits per heavy atom. The van der Waals surface area contributed by atoms with Gasteiger partial charge in [-0.1, -0.05) is 68.2 Å². The van der Waals surface area contributed by atoms with E-state index >= 15 is 4.39 Å². The summed E-state index contributed by atoms with van der Waals surface area (Å²) < 4.78 is 31.6. The summed E-state index contributed by atoms with van der Waals surface area (Å²) in [4.78, 5) is 40.1. The van der Waals surface area contributed by atoms with Crippen LogP contribution in [0.1, 0.15) is 46.2 Å². The summed E-state index contributed by atoms with van der Waals surface area (Å²) in [5.41, 5.74) is 4.74. The van der Waals surface area contributed by atoms with Gasteiger partial charge in [0.25, 0.3) is 5.56 Å². The Morgan fingerprint density at radius 1 is 1.15 bits per heavy atom. The Kier molecular flexibility index (Phi) is 9.43. The predicted octanol–water partition coefficient (Wildman–Crippen LogP) is 7.17. The number of carbonyl (C=O) groups is 1. The largest absolute Gasteiger partial charge is 0.395 e. The molecule has 1 amide bonds. The van der Waals surface area contributed by atoms with E-state index in [0.29, 0.717) is 11.1 Å². The minimum absolute atomic E-state index is 0.0586. The van der Waals surface area contributed by atoms with Crippen LogP contribution in [-0.2, 0) is 4.79 Å². The SMILES string of the molecule is C=CC(=O)N1[C@H](C)CN(c2c(C#N)c(=O)n([C@H]3C(C(C)C)=NC=C[C@H]3C)c3nc(-c4c(F)c(Cl)c(F)c(N)c4Cl)c(Cl)cc23)C[C@@H]1C. The van der Waals surface area contributed by atoms with Crippen LogP contribution in [0, 0.1) is 34.8 Å². The highest BCUT2D eigenvalue weighted by Crippen LogP contribution is 2.45. The number of aliphatic imine (C=N–C) groups is 1. The van der Waals surface area contributed by atoms with Crippen molar-refractivity contribution >= 4 is 68.8 Å². The lowest BCUT2D eigenvalue weighted by Gasteiger charge is -2.45. The van der Waals surface area contributed by atoms with Gasteiger partial charge in [-0.25, -0.2) is 13.8 Å². The highest BCUT2D eigenvalue weighted by molar-refractivity contribution is 6.39. The molecule has 0 radical (unpaired) electrons. The van der Waals surface area contributed by atoms with E-state index in [-0.39, 0.29) is 70.5 Å². The topological polar surface area (TPSA) is 121 Å². The highest BCUT2D eigenvalue weighted by Gasteiger charge is 2.37. The van der Waals surface area contributed by atoms with Crippen LogP contribution in [0.15, 0.2) is 40.8 Å². The second kappa shape index (κ2) is 12.9. The van der Waals surface area contributed by atoms with Gasteiger partial charge in [0.1, 0.15) is 22.3 Å². The Labute approximate surface area is 285 Å². The van der Waals surface area contributed by atoms with Crippen molar-refractivity contribution in [3.05, 3.63) is 73.6 Å². The van der Waals surface area contributed by atoms with E-state index in [0.717, 1.165) is 0 Å². The summed E-state index contributed by atoms with van der Waals surface area (Å²) in [5, 5.41) is 9.34. The zero-order valence-electron chi connectivity index (χ0n) is 26.3. The number of nitrogens with two attached hydrogens (primary N) is 1. The standard InChI is InChI=1S/C33H32Cl3F2N7O2/c1-7-21(46)44-16(5)12-43(13-17(44)6)31-18-10-20(34)29(22-23(35)27(40)26(38)24(36)25(22)37)42-32(18)45(33(47)19(31)11-39)30-15(4)8-9-41-28(30)14(2)3/h7-10,14-17,30H,1,12-13,40H2,2-6H3/t15-,16-,17+,30-/m1/s1. The van der Waals surface area contributed by atoms with Gasteiger partial charge in [-0.3, -0.25) is 19.1 Å². The molecule has 2 aliphatic rings. The van der Waals surface area contributed by atoms with Gasteiger partial charge in [0, 0.05) is 48.4 Å².